The highest BCUT2D eigenvalue weighted by molar-refractivity contribution is 5.89. The monoisotopic (exact) mass is 271 g/mol. The van der Waals surface area contributed by atoms with Crippen molar-refractivity contribution in [1.29, 1.82) is 0 Å². The maximum Gasteiger partial charge on any atom is 0.316 e. The third-order valence-corrected chi connectivity index (χ3v) is 3.67. The number of aryl methyl sites for hydroxylation is 1. The molecule has 2 aromatic rings. The van der Waals surface area contributed by atoms with Gasteiger partial charge in [0.05, 0.1) is 0 Å². The lowest BCUT2D eigenvalue weighted by Gasteiger charge is -2.17. The van der Waals surface area contributed by atoms with Gasteiger partial charge in [-0.2, -0.15) is 4.98 Å². The highest BCUT2D eigenvalue weighted by Crippen LogP contribution is 2.16. The molecule has 0 fully saturated rings. The van der Waals surface area contributed by atoms with E-state index in [-0.39, 0.29) is 11.8 Å². The van der Waals surface area contributed by atoms with Gasteiger partial charge in [-0.15, -0.1) is 0 Å². The average Bonchev–Trinajstić information content (AvgIpc) is 2.86. The molecule has 0 aliphatic carbocycles. The molecule has 0 saturated carbocycles. The SMILES string of the molecule is CCc1noc(C(=O)N2CCc3ccccc3CC2)n1. The van der Waals surface area contributed by atoms with Gasteiger partial charge in [-0.05, 0) is 24.0 Å². The Balaban J connectivity index is 1.74. The fourth-order valence-electron chi connectivity index (χ4n) is 2.49. The summed E-state index contributed by atoms with van der Waals surface area (Å²) in [6, 6.07) is 8.35. The minimum atomic E-state index is -0.162. The number of amides is 1. The van der Waals surface area contributed by atoms with Crippen LogP contribution in [0.1, 0.15) is 34.6 Å². The molecule has 5 heteroatoms. The van der Waals surface area contributed by atoms with Crippen molar-refractivity contribution in [3.63, 3.8) is 0 Å². The smallest absolute Gasteiger partial charge is 0.316 e. The third-order valence-electron chi connectivity index (χ3n) is 3.67. The summed E-state index contributed by atoms with van der Waals surface area (Å²) in [5, 5.41) is 3.78. The van der Waals surface area contributed by atoms with Crippen molar-refractivity contribution < 1.29 is 9.32 Å². The molecule has 0 N–H and O–H groups in total. The van der Waals surface area contributed by atoms with Crippen LogP contribution in [0.5, 0.6) is 0 Å². The van der Waals surface area contributed by atoms with Gasteiger partial charge in [0.1, 0.15) is 0 Å². The molecule has 0 saturated heterocycles. The summed E-state index contributed by atoms with van der Waals surface area (Å²) in [5.74, 6) is 0.518. The molecule has 0 radical (unpaired) electrons. The third kappa shape index (κ3) is 2.43. The first-order chi connectivity index (χ1) is 9.78. The highest BCUT2D eigenvalue weighted by atomic mass is 16.5. The van der Waals surface area contributed by atoms with E-state index in [1.54, 1.807) is 4.90 Å². The fourth-order valence-corrected chi connectivity index (χ4v) is 2.49. The van der Waals surface area contributed by atoms with Crippen LogP contribution in [-0.4, -0.2) is 34.0 Å². The van der Waals surface area contributed by atoms with Gasteiger partial charge in [0, 0.05) is 19.5 Å². The van der Waals surface area contributed by atoms with Crippen molar-refractivity contribution >= 4 is 5.91 Å². The van der Waals surface area contributed by atoms with Gasteiger partial charge in [0.2, 0.25) is 0 Å². The summed E-state index contributed by atoms with van der Waals surface area (Å²) in [6.45, 7) is 3.32. The van der Waals surface area contributed by atoms with Crippen LogP contribution in [0.15, 0.2) is 28.8 Å². The standard InChI is InChI=1S/C15H17N3O2/c1-2-13-16-14(20-17-13)15(19)18-9-7-11-5-3-4-6-12(11)8-10-18/h3-6H,2,7-10H2,1H3. The van der Waals surface area contributed by atoms with Gasteiger partial charge in [-0.3, -0.25) is 4.79 Å². The van der Waals surface area contributed by atoms with Crippen LogP contribution in [0.4, 0.5) is 0 Å². The highest BCUT2D eigenvalue weighted by Gasteiger charge is 2.24. The lowest BCUT2D eigenvalue weighted by Crippen LogP contribution is -2.33. The molecule has 1 aromatic heterocycles. The van der Waals surface area contributed by atoms with Crippen LogP contribution in [-0.2, 0) is 19.3 Å². The van der Waals surface area contributed by atoms with E-state index >= 15 is 0 Å². The molecule has 0 unspecified atom stereocenters. The first-order valence-corrected chi connectivity index (χ1v) is 6.96. The van der Waals surface area contributed by atoms with Gasteiger partial charge in [0.25, 0.3) is 0 Å². The van der Waals surface area contributed by atoms with Gasteiger partial charge in [0.15, 0.2) is 5.82 Å². The number of aromatic nitrogens is 2. The predicted octanol–water partition coefficient (Wildman–Crippen LogP) is 1.87. The molecule has 5 nitrogen and oxygen atoms in total. The van der Waals surface area contributed by atoms with Gasteiger partial charge >= 0.3 is 11.8 Å². The second kappa shape index (κ2) is 5.45. The van der Waals surface area contributed by atoms with Gasteiger partial charge in [-0.25, -0.2) is 0 Å². The molecule has 3 rings (SSSR count). The quantitative estimate of drug-likeness (QED) is 0.836. The number of carbonyl (C=O) groups excluding carboxylic acids is 1. The van der Waals surface area contributed by atoms with Crippen LogP contribution >= 0.6 is 0 Å². The lowest BCUT2D eigenvalue weighted by atomic mass is 10.0. The second-order valence-electron chi connectivity index (χ2n) is 4.93. The molecule has 0 spiro atoms. The Morgan fingerprint density at radius 2 is 1.90 bits per heavy atom. The summed E-state index contributed by atoms with van der Waals surface area (Å²) < 4.78 is 5.04. The second-order valence-corrected chi connectivity index (χ2v) is 4.93. The molecule has 1 aromatic carbocycles. The zero-order valence-corrected chi connectivity index (χ0v) is 11.5. The Hall–Kier alpha value is -2.17. The summed E-state index contributed by atoms with van der Waals surface area (Å²) in [7, 11) is 0. The van der Waals surface area contributed by atoms with E-state index in [0.29, 0.717) is 25.3 Å². The Morgan fingerprint density at radius 3 is 2.45 bits per heavy atom. The largest absolute Gasteiger partial charge is 0.334 e. The number of rotatable bonds is 2. The number of hydrogen-bond acceptors (Lipinski definition) is 4. The molecule has 0 atom stereocenters. The van der Waals surface area contributed by atoms with Crippen LogP contribution < -0.4 is 0 Å². The topological polar surface area (TPSA) is 59.2 Å². The normalized spacial score (nSPS) is 14.8. The van der Waals surface area contributed by atoms with Crippen LogP contribution in [0.2, 0.25) is 0 Å². The summed E-state index contributed by atoms with van der Waals surface area (Å²) in [4.78, 5) is 18.3. The van der Waals surface area contributed by atoms with E-state index in [1.807, 2.05) is 19.1 Å². The molecule has 1 aliphatic heterocycles. The van der Waals surface area contributed by atoms with Gasteiger partial charge < -0.3 is 9.42 Å². The van der Waals surface area contributed by atoms with Crippen LogP contribution in [0, 0.1) is 0 Å². The van der Waals surface area contributed by atoms with Crippen LogP contribution in [0.3, 0.4) is 0 Å². The molecule has 104 valence electrons. The predicted molar refractivity (Wildman–Crippen MR) is 73.4 cm³/mol. The van der Waals surface area contributed by atoms with Crippen molar-refractivity contribution in [3.05, 3.63) is 47.1 Å². The summed E-state index contributed by atoms with van der Waals surface area (Å²) in [5.41, 5.74) is 2.64. The molecule has 2 heterocycles. The first kappa shape index (κ1) is 12.8. The van der Waals surface area contributed by atoms with Gasteiger partial charge in [-0.1, -0.05) is 36.3 Å². The summed E-state index contributed by atoms with van der Waals surface area (Å²) >= 11 is 0. The molecule has 1 amide bonds. The van der Waals surface area contributed by atoms with Crippen molar-refractivity contribution in [3.8, 4) is 0 Å². The zero-order chi connectivity index (χ0) is 13.9. The van der Waals surface area contributed by atoms with E-state index in [1.165, 1.54) is 11.1 Å². The summed E-state index contributed by atoms with van der Waals surface area (Å²) in [6.07, 6.45) is 2.41. The molecule has 20 heavy (non-hydrogen) atoms. The fraction of sp³-hybridized carbons (Fsp3) is 0.400. The number of fused-ring (bicyclic) bond motifs is 1. The molecular formula is C15H17N3O2. The average molecular weight is 271 g/mol. The Bertz CT molecular complexity index is 594. The van der Waals surface area contributed by atoms with Crippen molar-refractivity contribution in [1.82, 2.24) is 15.0 Å². The number of nitrogens with zero attached hydrogens (tertiary/aromatic N) is 3. The molecule has 1 aliphatic rings. The molecular weight excluding hydrogens is 254 g/mol. The number of benzene rings is 1. The van der Waals surface area contributed by atoms with Crippen molar-refractivity contribution in [2.75, 3.05) is 13.1 Å². The Kier molecular flexibility index (Phi) is 3.50. The van der Waals surface area contributed by atoms with E-state index < -0.39 is 0 Å². The van der Waals surface area contributed by atoms with E-state index in [9.17, 15) is 4.79 Å². The van der Waals surface area contributed by atoms with E-state index in [2.05, 4.69) is 22.3 Å². The minimum Gasteiger partial charge on any atom is -0.334 e. The van der Waals surface area contributed by atoms with E-state index in [4.69, 9.17) is 4.52 Å². The Labute approximate surface area is 117 Å². The molecule has 0 bridgehead atoms. The number of hydrogen-bond donors (Lipinski definition) is 0. The van der Waals surface area contributed by atoms with E-state index in [0.717, 1.165) is 12.8 Å². The first-order valence-electron chi connectivity index (χ1n) is 6.96. The van der Waals surface area contributed by atoms with Crippen molar-refractivity contribution in [2.24, 2.45) is 0 Å². The maximum absolute atomic E-state index is 12.4. The maximum atomic E-state index is 12.4. The Morgan fingerprint density at radius 1 is 1.25 bits per heavy atom. The number of carbonyl (C=O) groups is 1. The zero-order valence-electron chi connectivity index (χ0n) is 11.5. The van der Waals surface area contributed by atoms with Crippen LogP contribution in [0.25, 0.3) is 0 Å². The minimum absolute atomic E-state index is 0.104. The lowest BCUT2D eigenvalue weighted by molar-refractivity contribution is 0.0713. The van der Waals surface area contributed by atoms with Crippen molar-refractivity contribution in [2.45, 2.75) is 26.2 Å².